The van der Waals surface area contributed by atoms with E-state index in [-0.39, 0.29) is 0 Å². The summed E-state index contributed by atoms with van der Waals surface area (Å²) in [6, 6.07) is 20.3. The second-order valence-corrected chi connectivity index (χ2v) is 6.48. The van der Waals surface area contributed by atoms with Crippen LogP contribution in [0, 0.1) is 0 Å². The maximum absolute atomic E-state index is 6.40. The van der Waals surface area contributed by atoms with Crippen LogP contribution in [0.5, 0.6) is 0 Å². The molecule has 0 saturated carbocycles. The van der Waals surface area contributed by atoms with Crippen LogP contribution in [0.15, 0.2) is 60.7 Å². The minimum Gasteiger partial charge on any atom is -0.385 e. The van der Waals surface area contributed by atoms with E-state index in [2.05, 4.69) is 35.6 Å². The number of hydrogen-bond acceptors (Lipinski definition) is 1. The second-order valence-electron chi connectivity index (χ2n) is 5.64. The summed E-state index contributed by atoms with van der Waals surface area (Å²) in [5, 5.41) is 7.58. The number of benzene rings is 3. The Hall–Kier alpha value is -1.70. The summed E-state index contributed by atoms with van der Waals surface area (Å²) in [6.07, 6.45) is 3.21. The lowest BCUT2D eigenvalue weighted by Crippen LogP contribution is -2.02. The van der Waals surface area contributed by atoms with Gasteiger partial charge in [0.1, 0.15) is 0 Å². The molecule has 23 heavy (non-hydrogen) atoms. The predicted molar refractivity (Wildman–Crippen MR) is 102 cm³/mol. The smallest absolute Gasteiger partial charge is 0.0444 e. The zero-order chi connectivity index (χ0) is 16.1. The Morgan fingerprint density at radius 1 is 0.783 bits per heavy atom. The fourth-order valence-corrected chi connectivity index (χ4v) is 3.18. The first-order valence-corrected chi connectivity index (χ1v) is 8.65. The van der Waals surface area contributed by atoms with Gasteiger partial charge in [-0.25, -0.2) is 0 Å². The molecule has 0 aliphatic rings. The second kappa shape index (κ2) is 7.72. The van der Waals surface area contributed by atoms with E-state index in [0.29, 0.717) is 0 Å². The molecule has 0 atom stereocenters. The summed E-state index contributed by atoms with van der Waals surface area (Å²) < 4.78 is 0. The molecule has 0 radical (unpaired) electrons. The van der Waals surface area contributed by atoms with Crippen molar-refractivity contribution in [3.8, 4) is 0 Å². The van der Waals surface area contributed by atoms with E-state index in [0.717, 1.165) is 41.5 Å². The molecule has 118 valence electrons. The Kier molecular flexibility index (Phi) is 5.43. The monoisotopic (exact) mass is 343 g/mol. The first-order chi connectivity index (χ1) is 11.2. The van der Waals surface area contributed by atoms with Crippen molar-refractivity contribution in [2.45, 2.75) is 19.3 Å². The zero-order valence-corrected chi connectivity index (χ0v) is 14.4. The number of halogens is 2. The van der Waals surface area contributed by atoms with Gasteiger partial charge in [-0.15, -0.1) is 0 Å². The van der Waals surface area contributed by atoms with Gasteiger partial charge in [-0.1, -0.05) is 53.5 Å². The summed E-state index contributed by atoms with van der Waals surface area (Å²) in [6.45, 7) is 0.948. The number of rotatable bonds is 6. The van der Waals surface area contributed by atoms with Crippen LogP contribution in [-0.2, 0) is 6.42 Å². The number of anilines is 1. The summed E-state index contributed by atoms with van der Waals surface area (Å²) in [7, 11) is 0. The van der Waals surface area contributed by atoms with Crippen LogP contribution < -0.4 is 5.32 Å². The van der Waals surface area contributed by atoms with Gasteiger partial charge in [0.2, 0.25) is 0 Å². The average Bonchev–Trinajstić information content (AvgIpc) is 2.58. The van der Waals surface area contributed by atoms with E-state index < -0.39 is 0 Å². The van der Waals surface area contributed by atoms with Crippen molar-refractivity contribution in [2.24, 2.45) is 0 Å². The van der Waals surface area contributed by atoms with Crippen LogP contribution >= 0.6 is 23.2 Å². The van der Waals surface area contributed by atoms with Crippen molar-refractivity contribution in [3.63, 3.8) is 0 Å². The largest absolute Gasteiger partial charge is 0.385 e. The molecule has 0 bridgehead atoms. The maximum Gasteiger partial charge on any atom is 0.0444 e. The van der Waals surface area contributed by atoms with Crippen molar-refractivity contribution >= 4 is 39.7 Å². The van der Waals surface area contributed by atoms with Crippen LogP contribution in [0.25, 0.3) is 10.8 Å². The van der Waals surface area contributed by atoms with Crippen molar-refractivity contribution in [3.05, 3.63) is 76.3 Å². The number of aryl methyl sites for hydroxylation is 1. The molecule has 1 N–H and O–H groups in total. The molecule has 0 heterocycles. The fourth-order valence-electron chi connectivity index (χ4n) is 2.79. The SMILES string of the molecule is Clc1ccc(NCCCCc2c(Cl)ccc3ccccc23)cc1. The summed E-state index contributed by atoms with van der Waals surface area (Å²) in [4.78, 5) is 0. The lowest BCUT2D eigenvalue weighted by molar-refractivity contribution is 0.766. The van der Waals surface area contributed by atoms with Gasteiger partial charge in [0, 0.05) is 22.3 Å². The summed E-state index contributed by atoms with van der Waals surface area (Å²) in [5.41, 5.74) is 2.37. The van der Waals surface area contributed by atoms with E-state index in [1.54, 1.807) is 0 Å². The van der Waals surface area contributed by atoms with E-state index in [9.17, 15) is 0 Å². The molecule has 0 spiro atoms. The normalized spacial score (nSPS) is 10.9. The number of hydrogen-bond donors (Lipinski definition) is 1. The first kappa shape index (κ1) is 16.2. The molecule has 0 unspecified atom stereocenters. The van der Waals surface area contributed by atoms with E-state index in [1.165, 1.54) is 16.3 Å². The Morgan fingerprint density at radius 3 is 2.39 bits per heavy atom. The van der Waals surface area contributed by atoms with Crippen LogP contribution in [0.3, 0.4) is 0 Å². The molecular formula is C20H19Cl2N. The predicted octanol–water partition coefficient (Wildman–Crippen LogP) is 6.58. The van der Waals surface area contributed by atoms with Gasteiger partial charge in [0.15, 0.2) is 0 Å². The van der Waals surface area contributed by atoms with Crippen molar-refractivity contribution in [1.82, 2.24) is 0 Å². The van der Waals surface area contributed by atoms with Gasteiger partial charge in [0.25, 0.3) is 0 Å². The minimum absolute atomic E-state index is 0.765. The Bertz CT molecular complexity index is 781. The van der Waals surface area contributed by atoms with Gasteiger partial charge in [-0.3, -0.25) is 0 Å². The van der Waals surface area contributed by atoms with Crippen LogP contribution in [0.4, 0.5) is 5.69 Å². The molecule has 0 aliphatic carbocycles. The lowest BCUT2D eigenvalue weighted by atomic mass is 10.00. The standard InChI is InChI=1S/C20H19Cl2N/c21-16-9-11-17(12-10-16)23-14-4-3-7-19-18-6-2-1-5-15(18)8-13-20(19)22/h1-2,5-6,8-13,23H,3-4,7,14H2. The molecule has 0 aromatic heterocycles. The molecule has 0 fully saturated rings. The lowest BCUT2D eigenvalue weighted by Gasteiger charge is -2.10. The van der Waals surface area contributed by atoms with Crippen LogP contribution in [-0.4, -0.2) is 6.54 Å². The molecule has 0 aliphatic heterocycles. The van der Waals surface area contributed by atoms with Gasteiger partial charge in [0.05, 0.1) is 0 Å². The third-order valence-electron chi connectivity index (χ3n) is 4.01. The Morgan fingerprint density at radius 2 is 1.57 bits per heavy atom. The minimum atomic E-state index is 0.765. The van der Waals surface area contributed by atoms with E-state index in [4.69, 9.17) is 23.2 Å². The van der Waals surface area contributed by atoms with Gasteiger partial charge >= 0.3 is 0 Å². The van der Waals surface area contributed by atoms with Crippen LogP contribution in [0.2, 0.25) is 10.0 Å². The van der Waals surface area contributed by atoms with Crippen molar-refractivity contribution < 1.29 is 0 Å². The van der Waals surface area contributed by atoms with Crippen LogP contribution in [0.1, 0.15) is 18.4 Å². The number of fused-ring (bicyclic) bond motifs is 1. The molecule has 3 aromatic rings. The van der Waals surface area contributed by atoms with E-state index in [1.807, 2.05) is 30.3 Å². The van der Waals surface area contributed by atoms with Gasteiger partial charge in [-0.05, 0) is 65.9 Å². The average molecular weight is 344 g/mol. The molecular weight excluding hydrogens is 325 g/mol. The fraction of sp³-hybridized carbons (Fsp3) is 0.200. The maximum atomic E-state index is 6.40. The topological polar surface area (TPSA) is 12.0 Å². The number of unbranched alkanes of at least 4 members (excludes halogenated alkanes) is 1. The van der Waals surface area contributed by atoms with Crippen molar-refractivity contribution in [1.29, 1.82) is 0 Å². The Labute approximate surface area is 147 Å². The summed E-state index contributed by atoms with van der Waals surface area (Å²) >= 11 is 12.3. The highest BCUT2D eigenvalue weighted by atomic mass is 35.5. The molecule has 0 saturated heterocycles. The third kappa shape index (κ3) is 4.19. The van der Waals surface area contributed by atoms with E-state index >= 15 is 0 Å². The highest BCUT2D eigenvalue weighted by Gasteiger charge is 2.05. The quantitative estimate of drug-likeness (QED) is 0.498. The number of nitrogens with one attached hydrogen (secondary N) is 1. The van der Waals surface area contributed by atoms with Gasteiger partial charge < -0.3 is 5.32 Å². The van der Waals surface area contributed by atoms with Crippen molar-refractivity contribution in [2.75, 3.05) is 11.9 Å². The first-order valence-electron chi connectivity index (χ1n) is 7.89. The van der Waals surface area contributed by atoms with Gasteiger partial charge in [-0.2, -0.15) is 0 Å². The summed E-state index contributed by atoms with van der Waals surface area (Å²) in [5.74, 6) is 0. The molecule has 3 aromatic carbocycles. The molecule has 0 amide bonds. The molecule has 1 nitrogen and oxygen atoms in total. The zero-order valence-electron chi connectivity index (χ0n) is 12.9. The highest BCUT2D eigenvalue weighted by molar-refractivity contribution is 6.32. The highest BCUT2D eigenvalue weighted by Crippen LogP contribution is 2.27. The molecule has 3 rings (SSSR count). The Balaban J connectivity index is 1.55. The molecule has 3 heteroatoms. The third-order valence-corrected chi connectivity index (χ3v) is 4.62.